The fourth-order valence-electron chi connectivity index (χ4n) is 7.29. The molecule has 0 spiro atoms. The lowest BCUT2D eigenvalue weighted by atomic mass is 9.98. The van der Waals surface area contributed by atoms with Crippen LogP contribution >= 0.6 is 0 Å². The lowest BCUT2D eigenvalue weighted by Gasteiger charge is -2.42. The largest absolute Gasteiger partial charge is 0.462 e. The van der Waals surface area contributed by atoms with E-state index in [0.717, 1.165) is 83.5 Å². The zero-order chi connectivity index (χ0) is 46.1. The highest BCUT2D eigenvalue weighted by Gasteiger charge is 2.47. The third-order valence-electron chi connectivity index (χ3n) is 11.3. The topological polar surface area (TPSA) is 231 Å². The van der Waals surface area contributed by atoms with Crippen molar-refractivity contribution in [1.29, 1.82) is 0 Å². The van der Waals surface area contributed by atoms with Gasteiger partial charge in [0.1, 0.15) is 55.4 Å². The molecule has 4 unspecified atom stereocenters. The minimum Gasteiger partial charge on any atom is -0.462 e. The van der Waals surface area contributed by atoms with Crippen LogP contribution in [-0.2, 0) is 38.0 Å². The van der Waals surface area contributed by atoms with Crippen LogP contribution in [0.15, 0.2) is 36.5 Å². The Kier molecular flexibility index (Phi) is 32.4. The van der Waals surface area contributed by atoms with Crippen LogP contribution in [0.4, 0.5) is 0 Å². The average molecular weight is 901 g/mol. The first-order valence-electron chi connectivity index (χ1n) is 24.1. The summed E-state index contributed by atoms with van der Waals surface area (Å²) in [4.78, 5) is 25.7. The summed E-state index contributed by atoms with van der Waals surface area (Å²) in [6, 6.07) is 0. The van der Waals surface area contributed by atoms with Gasteiger partial charge < -0.3 is 64.2 Å². The third kappa shape index (κ3) is 24.7. The van der Waals surface area contributed by atoms with Crippen molar-refractivity contribution in [3.05, 3.63) is 36.5 Å². The molecule has 2 aliphatic heterocycles. The highest BCUT2D eigenvalue weighted by molar-refractivity contribution is 5.70. The summed E-state index contributed by atoms with van der Waals surface area (Å²) in [5, 5.41) is 71.9. The SMILES string of the molecule is CCCC/C=C/C/C=C/CCCCCCCC(=O)O[C@H](COC(=O)CCCCCCC/C=C/CCCCCC)CO[C@@H]1O[C@H](CO[C@@H]2O[C@H](CO)[C@H](O)C(O)C2O)[C@H](O)C(O)C1O. The van der Waals surface area contributed by atoms with E-state index in [-0.39, 0.29) is 26.1 Å². The molecule has 0 aromatic carbocycles. The van der Waals surface area contributed by atoms with E-state index >= 15 is 0 Å². The Morgan fingerprint density at radius 2 is 0.968 bits per heavy atom. The van der Waals surface area contributed by atoms with Crippen LogP contribution in [0.2, 0.25) is 0 Å². The molecule has 2 aliphatic rings. The second-order valence-corrected chi connectivity index (χ2v) is 16.9. The molecule has 2 rings (SSSR count). The summed E-state index contributed by atoms with van der Waals surface area (Å²) < 4.78 is 33.5. The molecule has 0 radical (unpaired) electrons. The summed E-state index contributed by atoms with van der Waals surface area (Å²) in [5.74, 6) is -0.953. The molecule has 15 heteroatoms. The number of allylic oxidation sites excluding steroid dienone is 6. The molecule has 0 aromatic rings. The van der Waals surface area contributed by atoms with Gasteiger partial charge in [-0.2, -0.15) is 0 Å². The molecule has 2 saturated heterocycles. The number of carbonyl (C=O) groups excluding carboxylic acids is 2. The third-order valence-corrected chi connectivity index (χ3v) is 11.3. The fourth-order valence-corrected chi connectivity index (χ4v) is 7.29. The highest BCUT2D eigenvalue weighted by atomic mass is 16.7. The molecule has 0 aromatic heterocycles. The molecule has 0 aliphatic carbocycles. The first-order chi connectivity index (χ1) is 30.5. The van der Waals surface area contributed by atoms with Crippen molar-refractivity contribution in [2.45, 2.75) is 229 Å². The smallest absolute Gasteiger partial charge is 0.306 e. The Hall–Kier alpha value is -2.28. The van der Waals surface area contributed by atoms with Crippen molar-refractivity contribution < 1.29 is 73.8 Å². The van der Waals surface area contributed by atoms with Gasteiger partial charge in [0.25, 0.3) is 0 Å². The van der Waals surface area contributed by atoms with E-state index in [1.807, 2.05) is 0 Å². The van der Waals surface area contributed by atoms with E-state index in [2.05, 4.69) is 50.3 Å². The number of aliphatic hydroxyl groups excluding tert-OH is 7. The molecule has 11 atom stereocenters. The number of unbranched alkanes of at least 4 members (excludes halogenated alkanes) is 16. The predicted octanol–water partition coefficient (Wildman–Crippen LogP) is 5.76. The van der Waals surface area contributed by atoms with Crippen molar-refractivity contribution in [3.63, 3.8) is 0 Å². The highest BCUT2D eigenvalue weighted by Crippen LogP contribution is 2.26. The van der Waals surface area contributed by atoms with E-state index in [0.29, 0.717) is 12.8 Å². The van der Waals surface area contributed by atoms with Gasteiger partial charge in [0.2, 0.25) is 0 Å². The maximum atomic E-state index is 12.9. The van der Waals surface area contributed by atoms with Gasteiger partial charge in [0.15, 0.2) is 18.7 Å². The molecular weight excluding hydrogens is 817 g/mol. The second kappa shape index (κ2) is 35.9. The Labute approximate surface area is 376 Å². The van der Waals surface area contributed by atoms with E-state index in [1.54, 1.807) is 0 Å². The van der Waals surface area contributed by atoms with Crippen LogP contribution in [0.25, 0.3) is 0 Å². The Morgan fingerprint density at radius 3 is 1.54 bits per heavy atom. The van der Waals surface area contributed by atoms with Gasteiger partial charge in [-0.1, -0.05) is 121 Å². The summed E-state index contributed by atoms with van der Waals surface area (Å²) in [6.07, 6.45) is 18.9. The summed E-state index contributed by atoms with van der Waals surface area (Å²) in [5.41, 5.74) is 0. The van der Waals surface area contributed by atoms with Crippen molar-refractivity contribution in [3.8, 4) is 0 Å². The Bertz CT molecular complexity index is 1240. The minimum atomic E-state index is -1.77. The van der Waals surface area contributed by atoms with Crippen LogP contribution in [-0.4, -0.2) is 142 Å². The van der Waals surface area contributed by atoms with Crippen molar-refractivity contribution in [1.82, 2.24) is 0 Å². The standard InChI is InChI=1S/C48H84O15/c1-3-5-7-9-11-13-15-17-19-21-23-25-27-29-31-40(51)61-36(33-58-39(50)30-28-26-24-22-20-18-16-14-12-10-8-6-4-2)34-59-47-46(57)44(55)42(53)38(63-47)35-60-48-45(56)43(54)41(52)37(32-49)62-48/h9,11,14-17,36-38,41-49,52-57H,3-8,10,12-13,18-35H2,1-2H3/b11-9+,16-14+,17-15+/t36-,37-,38-,41+,42+,43?,44?,45?,46?,47-,48-/m1/s1. The zero-order valence-corrected chi connectivity index (χ0v) is 38.3. The minimum absolute atomic E-state index is 0.147. The van der Waals surface area contributed by atoms with Gasteiger partial charge in [0.05, 0.1) is 19.8 Å². The molecule has 2 heterocycles. The maximum Gasteiger partial charge on any atom is 0.306 e. The van der Waals surface area contributed by atoms with Gasteiger partial charge in [-0.05, 0) is 64.2 Å². The quantitative estimate of drug-likeness (QED) is 0.0225. The number of rotatable bonds is 36. The normalized spacial score (nSPS) is 27.1. The van der Waals surface area contributed by atoms with E-state index < -0.39 is 92.7 Å². The van der Waals surface area contributed by atoms with Gasteiger partial charge in [-0.15, -0.1) is 0 Å². The fraction of sp³-hybridized carbons (Fsp3) is 0.833. The molecular formula is C48H84O15. The van der Waals surface area contributed by atoms with Crippen molar-refractivity contribution in [2.75, 3.05) is 26.4 Å². The second-order valence-electron chi connectivity index (χ2n) is 16.9. The first kappa shape index (κ1) is 56.8. The van der Waals surface area contributed by atoms with Gasteiger partial charge >= 0.3 is 11.9 Å². The molecule has 0 amide bonds. The predicted molar refractivity (Wildman–Crippen MR) is 238 cm³/mol. The average Bonchev–Trinajstić information content (AvgIpc) is 3.28. The van der Waals surface area contributed by atoms with Gasteiger partial charge in [-0.3, -0.25) is 9.59 Å². The van der Waals surface area contributed by atoms with Crippen LogP contribution in [0, 0.1) is 0 Å². The molecule has 63 heavy (non-hydrogen) atoms. The van der Waals surface area contributed by atoms with E-state index in [9.17, 15) is 45.3 Å². The lowest BCUT2D eigenvalue weighted by Crippen LogP contribution is -2.61. The Morgan fingerprint density at radius 1 is 0.508 bits per heavy atom. The monoisotopic (exact) mass is 901 g/mol. The van der Waals surface area contributed by atoms with E-state index in [1.165, 1.54) is 38.5 Å². The van der Waals surface area contributed by atoms with Crippen molar-refractivity contribution >= 4 is 11.9 Å². The number of hydrogen-bond acceptors (Lipinski definition) is 15. The maximum absolute atomic E-state index is 12.9. The zero-order valence-electron chi connectivity index (χ0n) is 38.3. The van der Waals surface area contributed by atoms with Gasteiger partial charge in [0, 0.05) is 12.8 Å². The summed E-state index contributed by atoms with van der Waals surface area (Å²) in [7, 11) is 0. The van der Waals surface area contributed by atoms with Crippen LogP contribution in [0.3, 0.4) is 0 Å². The molecule has 2 fully saturated rings. The Balaban J connectivity index is 1.85. The molecule has 15 nitrogen and oxygen atoms in total. The first-order valence-corrected chi connectivity index (χ1v) is 24.1. The molecule has 7 N–H and O–H groups in total. The van der Waals surface area contributed by atoms with Crippen molar-refractivity contribution in [2.24, 2.45) is 0 Å². The van der Waals surface area contributed by atoms with Crippen LogP contribution in [0.5, 0.6) is 0 Å². The number of aliphatic hydroxyl groups is 7. The summed E-state index contributed by atoms with van der Waals surface area (Å²) in [6.45, 7) is 2.49. The van der Waals surface area contributed by atoms with Crippen LogP contribution in [0.1, 0.15) is 162 Å². The van der Waals surface area contributed by atoms with Gasteiger partial charge in [-0.25, -0.2) is 0 Å². The number of carbonyl (C=O) groups is 2. The summed E-state index contributed by atoms with van der Waals surface area (Å²) >= 11 is 0. The number of esters is 2. The van der Waals surface area contributed by atoms with E-state index in [4.69, 9.17) is 28.4 Å². The molecule has 366 valence electrons. The van der Waals surface area contributed by atoms with Crippen LogP contribution < -0.4 is 0 Å². The molecule has 0 bridgehead atoms. The lowest BCUT2D eigenvalue weighted by molar-refractivity contribution is -0.332. The number of ether oxygens (including phenoxy) is 6. The number of hydrogen-bond donors (Lipinski definition) is 7. The molecule has 0 saturated carbocycles.